The highest BCUT2D eigenvalue weighted by molar-refractivity contribution is 7.54. The van der Waals surface area contributed by atoms with E-state index in [4.69, 9.17) is 24.5 Å². The molecule has 1 aliphatic rings. The minimum Gasteiger partial charge on any atom is -0.462 e. The summed E-state index contributed by atoms with van der Waals surface area (Å²) in [6.07, 6.45) is -12.3. The third-order valence-electron chi connectivity index (χ3n) is 5.59. The molecular formula is C22H34F4N5O9P. The van der Waals surface area contributed by atoms with Crippen LogP contribution < -0.4 is 21.6 Å². The van der Waals surface area contributed by atoms with E-state index >= 15 is 4.39 Å². The molecule has 1 fully saturated rings. The number of nitrogen functional groups attached to an aromatic ring is 1. The average Bonchev–Trinajstić information content (AvgIpc) is 3.10. The van der Waals surface area contributed by atoms with Gasteiger partial charge in [-0.05, 0) is 41.5 Å². The lowest BCUT2D eigenvalue weighted by Crippen LogP contribution is -2.52. The summed E-state index contributed by atoms with van der Waals surface area (Å²) in [5.41, 5.74) is 0.471. The SMILES string of the molecule is CC(C)OC(=O)[C@H](C)NP(=O)(N[C@@H](C)C(=O)OC(C)C)OC[C@@]1(C(F)F)O[C@@H](n2cc(F)c(N)nc2=O)[C@H](O)[C@H]1F. The Bertz CT molecular complexity index is 1170. The standard InChI is InChI=1S/C22H34F4N5O9P/c1-9(2)38-18(33)11(5)29-41(36,30-12(6)19(34)39-10(3)4)37-8-22(20(25)26)15(24)14(32)17(40-22)31-7-13(23)16(27)28-21(31)35/h7,9-12,14-15,17,20,32H,8H2,1-6H3,(H2,27,28,35)(H2,29,30,36)/t11-,12-,14+,15+,17+,22+/m0/s1. The Hall–Kier alpha value is -2.63. The highest BCUT2D eigenvalue weighted by Gasteiger charge is 2.63. The molecule has 2 rings (SSSR count). The first kappa shape index (κ1) is 34.6. The van der Waals surface area contributed by atoms with Crippen LogP contribution in [0.2, 0.25) is 0 Å². The normalized spacial score (nSPS) is 24.6. The van der Waals surface area contributed by atoms with Crippen molar-refractivity contribution in [3.05, 3.63) is 22.5 Å². The first-order valence-corrected chi connectivity index (χ1v) is 14.0. The summed E-state index contributed by atoms with van der Waals surface area (Å²) in [5, 5.41) is 14.8. The van der Waals surface area contributed by atoms with Crippen molar-refractivity contribution in [3.63, 3.8) is 0 Å². The average molecular weight is 620 g/mol. The molecule has 41 heavy (non-hydrogen) atoms. The first-order valence-electron chi connectivity index (χ1n) is 12.4. The molecule has 5 N–H and O–H groups in total. The topological polar surface area (TPSA) is 193 Å². The number of nitrogens with zero attached hydrogens (tertiary/aromatic N) is 2. The first-order chi connectivity index (χ1) is 18.8. The lowest BCUT2D eigenvalue weighted by atomic mass is 9.98. The zero-order valence-electron chi connectivity index (χ0n) is 23.0. The van der Waals surface area contributed by atoms with Gasteiger partial charge in [0, 0.05) is 0 Å². The van der Waals surface area contributed by atoms with Gasteiger partial charge in [0.05, 0.1) is 25.0 Å². The Morgan fingerprint density at radius 2 is 1.63 bits per heavy atom. The number of nitrogens with two attached hydrogens (primary N) is 1. The van der Waals surface area contributed by atoms with E-state index in [1.54, 1.807) is 0 Å². The van der Waals surface area contributed by atoms with Crippen LogP contribution in [0.5, 0.6) is 0 Å². The van der Waals surface area contributed by atoms with Gasteiger partial charge < -0.3 is 29.6 Å². The van der Waals surface area contributed by atoms with Gasteiger partial charge in [-0.3, -0.25) is 18.7 Å². The molecule has 1 aliphatic heterocycles. The number of esters is 2. The van der Waals surface area contributed by atoms with E-state index in [0.717, 1.165) is 0 Å². The third kappa shape index (κ3) is 8.23. The number of aromatic nitrogens is 2. The number of aliphatic hydroxyl groups excluding tert-OH is 1. The van der Waals surface area contributed by atoms with Crippen molar-refractivity contribution in [2.75, 3.05) is 12.3 Å². The number of carbonyl (C=O) groups excluding carboxylic acids is 2. The van der Waals surface area contributed by atoms with Crippen LogP contribution in [0.15, 0.2) is 11.0 Å². The maximum atomic E-state index is 15.3. The predicted octanol–water partition coefficient (Wildman–Crippen LogP) is 1.18. The molecule has 0 aliphatic carbocycles. The summed E-state index contributed by atoms with van der Waals surface area (Å²) in [6.45, 7) is 6.96. The molecule has 0 bridgehead atoms. The van der Waals surface area contributed by atoms with Gasteiger partial charge in [-0.1, -0.05) is 0 Å². The van der Waals surface area contributed by atoms with E-state index in [-0.39, 0.29) is 4.57 Å². The van der Waals surface area contributed by atoms with E-state index in [1.165, 1.54) is 41.5 Å². The molecule has 1 aromatic rings. The summed E-state index contributed by atoms with van der Waals surface area (Å²) < 4.78 is 92.2. The van der Waals surface area contributed by atoms with Gasteiger partial charge in [0.1, 0.15) is 18.2 Å². The number of hydrogen-bond acceptors (Lipinski definition) is 11. The van der Waals surface area contributed by atoms with Crippen molar-refractivity contribution in [1.29, 1.82) is 0 Å². The van der Waals surface area contributed by atoms with Gasteiger partial charge in [-0.2, -0.15) is 4.98 Å². The molecule has 6 atom stereocenters. The fourth-order valence-corrected chi connectivity index (χ4v) is 5.43. The molecular weight excluding hydrogens is 585 g/mol. The predicted molar refractivity (Wildman–Crippen MR) is 134 cm³/mol. The van der Waals surface area contributed by atoms with Crippen molar-refractivity contribution in [2.45, 2.75) is 96.4 Å². The lowest BCUT2D eigenvalue weighted by Gasteiger charge is -2.33. The van der Waals surface area contributed by atoms with Gasteiger partial charge in [0.25, 0.3) is 6.43 Å². The molecule has 0 spiro atoms. The maximum Gasteiger partial charge on any atom is 0.351 e. The third-order valence-corrected chi connectivity index (χ3v) is 7.53. The van der Waals surface area contributed by atoms with Gasteiger partial charge in [0.15, 0.2) is 29.6 Å². The van der Waals surface area contributed by atoms with Crippen LogP contribution in [0.1, 0.15) is 47.8 Å². The van der Waals surface area contributed by atoms with Gasteiger partial charge in [-0.15, -0.1) is 0 Å². The Labute approximate surface area is 232 Å². The van der Waals surface area contributed by atoms with Crippen molar-refractivity contribution in [3.8, 4) is 0 Å². The van der Waals surface area contributed by atoms with Crippen LogP contribution in [0.25, 0.3) is 0 Å². The van der Waals surface area contributed by atoms with Crippen molar-refractivity contribution in [1.82, 2.24) is 19.7 Å². The largest absolute Gasteiger partial charge is 0.462 e. The molecule has 1 saturated heterocycles. The summed E-state index contributed by atoms with van der Waals surface area (Å²) in [7, 11) is -4.74. The highest BCUT2D eigenvalue weighted by atomic mass is 31.2. The Morgan fingerprint density at radius 1 is 1.15 bits per heavy atom. The number of ether oxygens (including phenoxy) is 3. The van der Waals surface area contributed by atoms with Gasteiger partial charge in [-0.25, -0.2) is 32.5 Å². The van der Waals surface area contributed by atoms with Crippen LogP contribution >= 0.6 is 7.67 Å². The van der Waals surface area contributed by atoms with Crippen LogP contribution in [0.3, 0.4) is 0 Å². The van der Waals surface area contributed by atoms with Crippen molar-refractivity contribution < 1.29 is 55.6 Å². The van der Waals surface area contributed by atoms with E-state index < -0.39 is 98.4 Å². The van der Waals surface area contributed by atoms with Crippen molar-refractivity contribution >= 4 is 25.4 Å². The number of carbonyl (C=O) groups is 2. The van der Waals surface area contributed by atoms with E-state index in [2.05, 4.69) is 15.2 Å². The van der Waals surface area contributed by atoms with E-state index in [9.17, 15) is 37.2 Å². The minimum atomic E-state index is -4.74. The number of nitrogens with one attached hydrogen (secondary N) is 2. The van der Waals surface area contributed by atoms with Crippen molar-refractivity contribution in [2.24, 2.45) is 0 Å². The second-order valence-electron chi connectivity index (χ2n) is 9.82. The summed E-state index contributed by atoms with van der Waals surface area (Å²) in [5.74, 6) is -3.99. The molecule has 14 nitrogen and oxygen atoms in total. The molecule has 0 aromatic carbocycles. The van der Waals surface area contributed by atoms with Crippen LogP contribution in [0.4, 0.5) is 23.4 Å². The van der Waals surface area contributed by atoms with Crippen LogP contribution in [-0.2, 0) is 32.9 Å². The Balaban J connectivity index is 2.41. The Kier molecular flexibility index (Phi) is 11.4. The van der Waals surface area contributed by atoms with Gasteiger partial charge >= 0.3 is 25.3 Å². The minimum absolute atomic E-state index is 0.219. The maximum absolute atomic E-state index is 15.3. The van der Waals surface area contributed by atoms with E-state index in [1.807, 2.05) is 0 Å². The molecule has 2 heterocycles. The zero-order valence-corrected chi connectivity index (χ0v) is 23.9. The van der Waals surface area contributed by atoms with E-state index in [0.29, 0.717) is 6.20 Å². The fraction of sp³-hybridized carbons (Fsp3) is 0.727. The molecule has 0 unspecified atom stereocenters. The zero-order chi connectivity index (χ0) is 31.4. The number of alkyl halides is 3. The lowest BCUT2D eigenvalue weighted by molar-refractivity contribution is -0.183. The number of hydrogen-bond donors (Lipinski definition) is 4. The molecule has 0 radical (unpaired) electrons. The summed E-state index contributed by atoms with van der Waals surface area (Å²) in [4.78, 5) is 39.9. The molecule has 0 saturated carbocycles. The highest BCUT2D eigenvalue weighted by Crippen LogP contribution is 2.47. The number of aliphatic hydroxyl groups is 1. The Morgan fingerprint density at radius 3 is 2.07 bits per heavy atom. The quantitative estimate of drug-likeness (QED) is 0.140. The summed E-state index contributed by atoms with van der Waals surface area (Å²) in [6, 6.07) is -2.81. The van der Waals surface area contributed by atoms with Gasteiger partial charge in [0.2, 0.25) is 0 Å². The molecule has 1 aromatic heterocycles. The summed E-state index contributed by atoms with van der Waals surface area (Å²) >= 11 is 0. The molecule has 0 amide bonds. The smallest absolute Gasteiger partial charge is 0.351 e. The number of halogens is 4. The number of rotatable bonds is 13. The van der Waals surface area contributed by atoms with Crippen LogP contribution in [-0.4, -0.2) is 81.8 Å². The second-order valence-corrected chi connectivity index (χ2v) is 11.7. The monoisotopic (exact) mass is 619 g/mol. The number of anilines is 1. The fourth-order valence-electron chi connectivity index (χ4n) is 3.59. The second kappa shape index (κ2) is 13.6. The van der Waals surface area contributed by atoms with Crippen LogP contribution in [0, 0.1) is 5.82 Å². The molecule has 234 valence electrons. The molecule has 19 heteroatoms.